The number of aromatic nitrogens is 2. The minimum absolute atomic E-state index is 0.159. The second-order valence-electron chi connectivity index (χ2n) is 5.14. The minimum atomic E-state index is -0.389. The summed E-state index contributed by atoms with van der Waals surface area (Å²) in [6.07, 6.45) is 2.88. The molecule has 5 nitrogen and oxygen atoms in total. The molecule has 0 N–H and O–H groups in total. The standard InChI is InChI=1S/C15H15ClFN3O2/c1-19-5-4-18-14(15(19)21)20-6-7-22-13(9-20)11-3-2-10(17)8-12(11)16/h2-5,8,13H,6-7,9H2,1H3/t13-/m0/s1. The predicted octanol–water partition coefficient (Wildman–Crippen LogP) is 2.15. The topological polar surface area (TPSA) is 47.4 Å². The summed E-state index contributed by atoms with van der Waals surface area (Å²) in [6, 6.07) is 4.23. The average Bonchev–Trinajstić information content (AvgIpc) is 2.50. The molecule has 0 unspecified atom stereocenters. The zero-order valence-electron chi connectivity index (χ0n) is 12.0. The molecule has 0 radical (unpaired) electrons. The Morgan fingerprint density at radius 1 is 1.45 bits per heavy atom. The van der Waals surface area contributed by atoms with Crippen molar-refractivity contribution in [2.24, 2.45) is 7.05 Å². The Hall–Kier alpha value is -1.92. The number of anilines is 1. The maximum absolute atomic E-state index is 13.2. The van der Waals surface area contributed by atoms with E-state index in [1.165, 1.54) is 16.7 Å². The lowest BCUT2D eigenvalue weighted by Crippen LogP contribution is -2.42. The van der Waals surface area contributed by atoms with Gasteiger partial charge in [0.15, 0.2) is 5.82 Å². The Labute approximate surface area is 131 Å². The van der Waals surface area contributed by atoms with Crippen LogP contribution in [0, 0.1) is 5.82 Å². The highest BCUT2D eigenvalue weighted by Gasteiger charge is 2.26. The van der Waals surface area contributed by atoms with Crippen molar-refractivity contribution >= 4 is 17.4 Å². The Kier molecular flexibility index (Phi) is 4.13. The molecular formula is C15H15ClFN3O2. The Bertz CT molecular complexity index is 750. The first kappa shape index (κ1) is 15.0. The number of hydrogen-bond acceptors (Lipinski definition) is 4. The van der Waals surface area contributed by atoms with E-state index in [1.54, 1.807) is 25.5 Å². The summed E-state index contributed by atoms with van der Waals surface area (Å²) < 4.78 is 20.4. The van der Waals surface area contributed by atoms with Crippen LogP contribution in [0.3, 0.4) is 0 Å². The van der Waals surface area contributed by atoms with Crippen LogP contribution in [0.5, 0.6) is 0 Å². The van der Waals surface area contributed by atoms with Gasteiger partial charge < -0.3 is 14.2 Å². The van der Waals surface area contributed by atoms with E-state index < -0.39 is 0 Å². The van der Waals surface area contributed by atoms with Gasteiger partial charge in [-0.05, 0) is 12.1 Å². The van der Waals surface area contributed by atoms with Crippen LogP contribution < -0.4 is 10.5 Å². The van der Waals surface area contributed by atoms with Gasteiger partial charge in [-0.2, -0.15) is 0 Å². The average molecular weight is 324 g/mol. The van der Waals surface area contributed by atoms with E-state index in [0.717, 1.165) is 0 Å². The molecule has 7 heteroatoms. The number of ether oxygens (including phenoxy) is 1. The lowest BCUT2D eigenvalue weighted by Gasteiger charge is -2.33. The van der Waals surface area contributed by atoms with Crippen molar-refractivity contribution in [2.75, 3.05) is 24.6 Å². The molecule has 0 aliphatic carbocycles. The van der Waals surface area contributed by atoms with Crippen LogP contribution >= 0.6 is 11.6 Å². The maximum atomic E-state index is 13.2. The van der Waals surface area contributed by atoms with Gasteiger partial charge in [-0.25, -0.2) is 9.37 Å². The van der Waals surface area contributed by atoms with Gasteiger partial charge in [0, 0.05) is 36.6 Å². The summed E-state index contributed by atoms with van der Waals surface area (Å²) in [6.45, 7) is 1.46. The second kappa shape index (κ2) is 6.06. The van der Waals surface area contributed by atoms with Crippen molar-refractivity contribution < 1.29 is 9.13 Å². The summed E-state index contributed by atoms with van der Waals surface area (Å²) in [5.41, 5.74) is 0.550. The van der Waals surface area contributed by atoms with Crippen molar-refractivity contribution in [3.05, 3.63) is 57.3 Å². The molecule has 2 heterocycles. The maximum Gasteiger partial charge on any atom is 0.293 e. The van der Waals surface area contributed by atoms with E-state index in [-0.39, 0.29) is 17.5 Å². The first-order chi connectivity index (χ1) is 10.6. The van der Waals surface area contributed by atoms with Crippen molar-refractivity contribution in [1.82, 2.24) is 9.55 Å². The van der Waals surface area contributed by atoms with Crippen molar-refractivity contribution in [2.45, 2.75) is 6.10 Å². The quantitative estimate of drug-likeness (QED) is 0.849. The third kappa shape index (κ3) is 2.84. The van der Waals surface area contributed by atoms with Crippen molar-refractivity contribution in [1.29, 1.82) is 0 Å². The van der Waals surface area contributed by atoms with Crippen LogP contribution in [0.15, 0.2) is 35.4 Å². The first-order valence-corrected chi connectivity index (χ1v) is 7.27. The molecule has 22 heavy (non-hydrogen) atoms. The fraction of sp³-hybridized carbons (Fsp3) is 0.333. The van der Waals surface area contributed by atoms with Gasteiger partial charge in [0.2, 0.25) is 0 Å². The van der Waals surface area contributed by atoms with Gasteiger partial charge in [-0.1, -0.05) is 17.7 Å². The fourth-order valence-corrected chi connectivity index (χ4v) is 2.78. The molecule has 1 saturated heterocycles. The zero-order valence-corrected chi connectivity index (χ0v) is 12.8. The van der Waals surface area contributed by atoms with Crippen LogP contribution in [-0.2, 0) is 11.8 Å². The molecule has 1 aliphatic heterocycles. The fourth-order valence-electron chi connectivity index (χ4n) is 2.49. The van der Waals surface area contributed by atoms with Crippen molar-refractivity contribution in [3.63, 3.8) is 0 Å². The normalized spacial score (nSPS) is 18.5. The van der Waals surface area contributed by atoms with Gasteiger partial charge in [-0.15, -0.1) is 0 Å². The number of aryl methyl sites for hydroxylation is 1. The number of rotatable bonds is 2. The summed E-state index contributed by atoms with van der Waals surface area (Å²) in [5.74, 6) is -0.00320. The van der Waals surface area contributed by atoms with E-state index in [2.05, 4.69) is 4.98 Å². The molecule has 0 spiro atoms. The van der Waals surface area contributed by atoms with E-state index >= 15 is 0 Å². The summed E-state index contributed by atoms with van der Waals surface area (Å²) in [4.78, 5) is 18.2. The largest absolute Gasteiger partial charge is 0.370 e. The van der Waals surface area contributed by atoms with Crippen LogP contribution in [0.1, 0.15) is 11.7 Å². The number of nitrogens with zero attached hydrogens (tertiary/aromatic N) is 3. The summed E-state index contributed by atoms with van der Waals surface area (Å²) >= 11 is 6.09. The van der Waals surface area contributed by atoms with Gasteiger partial charge in [0.25, 0.3) is 5.56 Å². The molecule has 1 aliphatic rings. The van der Waals surface area contributed by atoms with Gasteiger partial charge in [-0.3, -0.25) is 4.79 Å². The van der Waals surface area contributed by atoms with Gasteiger partial charge >= 0.3 is 0 Å². The highest BCUT2D eigenvalue weighted by atomic mass is 35.5. The molecule has 1 atom stereocenters. The molecular weight excluding hydrogens is 309 g/mol. The van der Waals surface area contributed by atoms with E-state index in [9.17, 15) is 9.18 Å². The number of benzene rings is 1. The van der Waals surface area contributed by atoms with Crippen molar-refractivity contribution in [3.8, 4) is 0 Å². The molecule has 1 aromatic heterocycles. The van der Waals surface area contributed by atoms with E-state index in [4.69, 9.17) is 16.3 Å². The number of morpholine rings is 1. The van der Waals surface area contributed by atoms with Gasteiger partial charge in [0.05, 0.1) is 13.2 Å². The minimum Gasteiger partial charge on any atom is -0.370 e. The summed E-state index contributed by atoms with van der Waals surface area (Å²) in [7, 11) is 1.68. The molecule has 1 fully saturated rings. The third-order valence-corrected chi connectivity index (χ3v) is 4.00. The lowest BCUT2D eigenvalue weighted by atomic mass is 10.1. The lowest BCUT2D eigenvalue weighted by molar-refractivity contribution is 0.0394. The van der Waals surface area contributed by atoms with E-state index in [1.807, 2.05) is 4.90 Å². The van der Waals surface area contributed by atoms with Crippen LogP contribution in [-0.4, -0.2) is 29.2 Å². The van der Waals surface area contributed by atoms with E-state index in [0.29, 0.717) is 36.1 Å². The highest BCUT2D eigenvalue weighted by Crippen LogP contribution is 2.29. The Morgan fingerprint density at radius 2 is 2.27 bits per heavy atom. The molecule has 3 rings (SSSR count). The molecule has 1 aromatic carbocycles. The first-order valence-electron chi connectivity index (χ1n) is 6.89. The number of halogens is 2. The molecule has 0 amide bonds. The number of hydrogen-bond donors (Lipinski definition) is 0. The monoisotopic (exact) mass is 323 g/mol. The summed E-state index contributed by atoms with van der Waals surface area (Å²) in [5, 5.41) is 0.320. The molecule has 0 saturated carbocycles. The molecule has 0 bridgehead atoms. The third-order valence-electron chi connectivity index (χ3n) is 3.67. The second-order valence-corrected chi connectivity index (χ2v) is 5.55. The Morgan fingerprint density at radius 3 is 3.05 bits per heavy atom. The SMILES string of the molecule is Cn1ccnc(N2CCO[C@H](c3ccc(F)cc3Cl)C2)c1=O. The smallest absolute Gasteiger partial charge is 0.293 e. The highest BCUT2D eigenvalue weighted by molar-refractivity contribution is 6.31. The predicted molar refractivity (Wildman–Crippen MR) is 81.8 cm³/mol. The van der Waals surface area contributed by atoms with Crippen LogP contribution in [0.4, 0.5) is 10.2 Å². The van der Waals surface area contributed by atoms with Crippen LogP contribution in [0.2, 0.25) is 5.02 Å². The zero-order chi connectivity index (χ0) is 15.7. The Balaban J connectivity index is 1.88. The van der Waals surface area contributed by atoms with Gasteiger partial charge in [0.1, 0.15) is 11.9 Å². The molecule has 2 aromatic rings. The van der Waals surface area contributed by atoms with Crippen LogP contribution in [0.25, 0.3) is 0 Å². The molecule has 116 valence electrons.